The molecule has 1 aliphatic carbocycles. The molecule has 3 nitrogen and oxygen atoms in total. The number of carbonyl (C=O) groups excluding carboxylic acids is 2. The predicted octanol–water partition coefficient (Wildman–Crippen LogP) is 4.99. The molecule has 25 heavy (non-hydrogen) atoms. The molecule has 0 N–H and O–H groups in total. The van der Waals surface area contributed by atoms with Crippen LogP contribution in [0.5, 0.6) is 0 Å². The van der Waals surface area contributed by atoms with Gasteiger partial charge in [0.15, 0.2) is 0 Å². The van der Waals surface area contributed by atoms with Crippen molar-refractivity contribution >= 4 is 11.8 Å². The van der Waals surface area contributed by atoms with Crippen LogP contribution in [0.25, 0.3) is 0 Å². The number of hydrogen-bond acceptors (Lipinski definition) is 3. The minimum Gasteiger partial charge on any atom is -0.465 e. The molecule has 3 heteroatoms. The molecule has 1 aliphatic rings. The van der Waals surface area contributed by atoms with Crippen LogP contribution in [0.4, 0.5) is 0 Å². The van der Waals surface area contributed by atoms with E-state index in [2.05, 4.69) is 27.7 Å². The fraction of sp³-hybridized carbons (Fsp3) is 0.636. The zero-order valence-corrected chi connectivity index (χ0v) is 16.5. The van der Waals surface area contributed by atoms with E-state index in [1.807, 2.05) is 19.1 Å². The Bertz CT molecular complexity index is 643. The molecular formula is C22H32O3. The lowest BCUT2D eigenvalue weighted by atomic mass is 9.62. The Morgan fingerprint density at radius 2 is 1.96 bits per heavy atom. The predicted molar refractivity (Wildman–Crippen MR) is 101 cm³/mol. The van der Waals surface area contributed by atoms with E-state index < -0.39 is 0 Å². The number of ketones is 1. The van der Waals surface area contributed by atoms with Gasteiger partial charge in [-0.2, -0.15) is 0 Å². The van der Waals surface area contributed by atoms with Crippen molar-refractivity contribution in [2.45, 2.75) is 60.3 Å². The van der Waals surface area contributed by atoms with Crippen molar-refractivity contribution in [1.29, 1.82) is 0 Å². The maximum Gasteiger partial charge on any atom is 0.337 e. The lowest BCUT2D eigenvalue weighted by Gasteiger charge is -2.42. The van der Waals surface area contributed by atoms with E-state index in [1.54, 1.807) is 6.07 Å². The molecule has 0 bridgehead atoms. The van der Waals surface area contributed by atoms with Gasteiger partial charge in [0, 0.05) is 12.3 Å². The van der Waals surface area contributed by atoms with Crippen molar-refractivity contribution in [3.63, 3.8) is 0 Å². The highest BCUT2D eigenvalue weighted by atomic mass is 16.5. The quantitative estimate of drug-likeness (QED) is 0.707. The molecule has 2 rings (SSSR count). The highest BCUT2D eigenvalue weighted by Gasteiger charge is 2.39. The molecule has 0 spiro atoms. The molecule has 0 radical (unpaired) electrons. The summed E-state index contributed by atoms with van der Waals surface area (Å²) in [5, 5.41) is 0. The smallest absolute Gasteiger partial charge is 0.337 e. The molecule has 0 heterocycles. The van der Waals surface area contributed by atoms with Gasteiger partial charge in [0.1, 0.15) is 5.78 Å². The van der Waals surface area contributed by atoms with Crippen molar-refractivity contribution in [3.05, 3.63) is 34.9 Å². The number of benzene rings is 1. The van der Waals surface area contributed by atoms with Crippen molar-refractivity contribution in [3.8, 4) is 0 Å². The molecular weight excluding hydrogens is 312 g/mol. The van der Waals surface area contributed by atoms with Gasteiger partial charge in [-0.3, -0.25) is 4.79 Å². The Morgan fingerprint density at radius 1 is 1.28 bits per heavy atom. The van der Waals surface area contributed by atoms with Gasteiger partial charge in [-0.05, 0) is 66.7 Å². The zero-order chi connectivity index (χ0) is 18.8. The average Bonchev–Trinajstić information content (AvgIpc) is 2.54. The van der Waals surface area contributed by atoms with Crippen molar-refractivity contribution in [2.75, 3.05) is 7.11 Å². The van der Waals surface area contributed by atoms with Crippen LogP contribution >= 0.6 is 0 Å². The van der Waals surface area contributed by atoms with Crippen LogP contribution in [0.2, 0.25) is 0 Å². The first-order valence-electron chi connectivity index (χ1n) is 9.35. The second-order valence-corrected chi connectivity index (χ2v) is 8.70. The van der Waals surface area contributed by atoms with Crippen molar-refractivity contribution in [2.24, 2.45) is 23.2 Å². The highest BCUT2D eigenvalue weighted by Crippen LogP contribution is 2.45. The van der Waals surface area contributed by atoms with Gasteiger partial charge in [-0.1, -0.05) is 33.8 Å². The molecule has 2 atom stereocenters. The van der Waals surface area contributed by atoms with E-state index in [9.17, 15) is 9.59 Å². The number of methoxy groups -OCH3 is 1. The Hall–Kier alpha value is -1.64. The molecule has 1 saturated carbocycles. The van der Waals surface area contributed by atoms with Gasteiger partial charge >= 0.3 is 5.97 Å². The summed E-state index contributed by atoms with van der Waals surface area (Å²) >= 11 is 0. The van der Waals surface area contributed by atoms with Crippen LogP contribution in [-0.2, 0) is 16.0 Å². The van der Waals surface area contributed by atoms with Crippen LogP contribution in [0.3, 0.4) is 0 Å². The number of esters is 1. The standard InChI is InChI=1S/C22H32O3/c1-14(2)18-9-10-22(4,5)13-19(18)20(23)12-16-7-8-17(11-15(16)3)21(24)25-6/h7-8,11,14,18-19H,9-10,12-13H2,1-6H3. The van der Waals surface area contributed by atoms with Gasteiger partial charge in [-0.15, -0.1) is 0 Å². The third kappa shape index (κ3) is 4.71. The summed E-state index contributed by atoms with van der Waals surface area (Å²) in [5.41, 5.74) is 2.78. The van der Waals surface area contributed by atoms with Gasteiger partial charge in [0.2, 0.25) is 0 Å². The Kier molecular flexibility index (Phi) is 6.08. The number of Topliss-reactive ketones (excluding diaryl/α,β-unsaturated/α-hetero) is 1. The number of hydrogen-bond donors (Lipinski definition) is 0. The minimum absolute atomic E-state index is 0.142. The van der Waals surface area contributed by atoms with Gasteiger partial charge < -0.3 is 4.74 Å². The SMILES string of the molecule is COC(=O)c1ccc(CC(=O)C2CC(C)(C)CCC2C(C)C)c(C)c1. The second-order valence-electron chi connectivity index (χ2n) is 8.70. The maximum absolute atomic E-state index is 13.1. The first kappa shape index (κ1) is 19.7. The Balaban J connectivity index is 2.18. The zero-order valence-electron chi connectivity index (χ0n) is 16.5. The van der Waals surface area contributed by atoms with Crippen LogP contribution in [0.1, 0.15) is 68.4 Å². The monoisotopic (exact) mass is 344 g/mol. The Morgan fingerprint density at radius 3 is 2.52 bits per heavy atom. The molecule has 0 aromatic heterocycles. The van der Waals surface area contributed by atoms with Crippen LogP contribution < -0.4 is 0 Å². The summed E-state index contributed by atoms with van der Waals surface area (Å²) in [6, 6.07) is 5.48. The van der Waals surface area contributed by atoms with Crippen molar-refractivity contribution < 1.29 is 14.3 Å². The summed E-state index contributed by atoms with van der Waals surface area (Å²) in [6.07, 6.45) is 3.78. The average molecular weight is 344 g/mol. The number of aryl methyl sites for hydroxylation is 1. The molecule has 1 aromatic rings. The number of ether oxygens (including phenoxy) is 1. The minimum atomic E-state index is -0.338. The third-order valence-electron chi connectivity index (χ3n) is 5.84. The summed E-state index contributed by atoms with van der Waals surface area (Å²) < 4.78 is 4.76. The second kappa shape index (κ2) is 7.72. The van der Waals surface area contributed by atoms with Crippen LogP contribution in [0, 0.1) is 30.1 Å². The summed E-state index contributed by atoms with van der Waals surface area (Å²) in [6.45, 7) is 11.0. The highest BCUT2D eigenvalue weighted by molar-refractivity contribution is 5.90. The number of carbonyl (C=O) groups is 2. The lowest BCUT2D eigenvalue weighted by molar-refractivity contribution is -0.127. The molecule has 2 unspecified atom stereocenters. The number of rotatable bonds is 5. The van der Waals surface area contributed by atoms with Gasteiger partial charge in [0.05, 0.1) is 12.7 Å². The fourth-order valence-electron chi connectivity index (χ4n) is 4.22. The molecule has 1 aromatic carbocycles. The summed E-state index contributed by atoms with van der Waals surface area (Å²) in [4.78, 5) is 24.8. The lowest BCUT2D eigenvalue weighted by Crippen LogP contribution is -2.37. The van der Waals surface area contributed by atoms with E-state index in [0.717, 1.165) is 24.0 Å². The third-order valence-corrected chi connectivity index (χ3v) is 5.84. The maximum atomic E-state index is 13.1. The Labute approximate surface area is 152 Å². The van der Waals surface area contributed by atoms with Gasteiger partial charge in [0.25, 0.3) is 0 Å². The fourth-order valence-corrected chi connectivity index (χ4v) is 4.22. The van der Waals surface area contributed by atoms with E-state index in [0.29, 0.717) is 29.6 Å². The molecule has 138 valence electrons. The first-order valence-corrected chi connectivity index (χ1v) is 9.35. The summed E-state index contributed by atoms with van der Waals surface area (Å²) in [5.74, 6) is 1.17. The van der Waals surface area contributed by atoms with Gasteiger partial charge in [-0.25, -0.2) is 4.79 Å². The van der Waals surface area contributed by atoms with Crippen LogP contribution in [0.15, 0.2) is 18.2 Å². The molecule has 0 saturated heterocycles. The molecule has 0 amide bonds. The normalized spacial score (nSPS) is 22.7. The van der Waals surface area contributed by atoms with E-state index in [4.69, 9.17) is 4.74 Å². The van der Waals surface area contributed by atoms with Crippen molar-refractivity contribution in [1.82, 2.24) is 0 Å². The van der Waals surface area contributed by atoms with E-state index in [1.165, 1.54) is 13.5 Å². The molecule has 1 fully saturated rings. The topological polar surface area (TPSA) is 43.4 Å². The largest absolute Gasteiger partial charge is 0.465 e. The summed E-state index contributed by atoms with van der Waals surface area (Å²) in [7, 11) is 1.38. The molecule has 0 aliphatic heterocycles. The van der Waals surface area contributed by atoms with E-state index in [-0.39, 0.29) is 17.3 Å². The van der Waals surface area contributed by atoms with E-state index >= 15 is 0 Å². The first-order chi connectivity index (χ1) is 11.6. The van der Waals surface area contributed by atoms with Crippen LogP contribution in [-0.4, -0.2) is 18.9 Å².